The van der Waals surface area contributed by atoms with Crippen molar-refractivity contribution >= 4 is 0 Å². The van der Waals surface area contributed by atoms with Crippen molar-refractivity contribution in [3.8, 4) is 0 Å². The predicted octanol–water partition coefficient (Wildman–Crippen LogP) is 1.80. The first kappa shape index (κ1) is 6.41. The van der Waals surface area contributed by atoms with Gasteiger partial charge >= 0.3 is 0 Å². The molecule has 0 aromatic heterocycles. The maximum Gasteiger partial charge on any atom is 0.0281 e. The Kier molecular flexibility index (Phi) is 1.34. The molecule has 0 unspecified atom stereocenters. The van der Waals surface area contributed by atoms with Gasteiger partial charge in [-0.15, -0.1) is 0 Å². The second-order valence-electron chi connectivity index (χ2n) is 3.68. The first-order valence-corrected chi connectivity index (χ1v) is 4.16. The molecule has 0 aliphatic carbocycles. The predicted molar refractivity (Wildman–Crippen MR) is 42.9 cm³/mol. The van der Waals surface area contributed by atoms with Crippen molar-refractivity contribution in [2.45, 2.75) is 38.3 Å². The largest absolute Gasteiger partial charge is 0.297 e. The molecule has 2 aliphatic rings. The van der Waals surface area contributed by atoms with E-state index in [2.05, 4.69) is 24.9 Å². The van der Waals surface area contributed by atoms with Crippen molar-refractivity contribution in [3.63, 3.8) is 0 Å². The van der Waals surface area contributed by atoms with Crippen molar-refractivity contribution in [2.75, 3.05) is 7.05 Å². The van der Waals surface area contributed by atoms with Gasteiger partial charge in [0.05, 0.1) is 0 Å². The van der Waals surface area contributed by atoms with E-state index in [1.54, 1.807) is 5.57 Å². The topological polar surface area (TPSA) is 3.24 Å². The average Bonchev–Trinajstić information content (AvgIpc) is 2.20. The van der Waals surface area contributed by atoms with E-state index in [0.717, 1.165) is 12.1 Å². The van der Waals surface area contributed by atoms with Crippen molar-refractivity contribution < 1.29 is 0 Å². The summed E-state index contributed by atoms with van der Waals surface area (Å²) in [6.07, 6.45) is 6.55. The van der Waals surface area contributed by atoms with Crippen LogP contribution in [0, 0.1) is 0 Å². The SMILES string of the molecule is CC1=C[C@H]2CC[C@@H](C1)N2C. The molecular weight excluding hydrogens is 122 g/mol. The van der Waals surface area contributed by atoms with Gasteiger partial charge in [0.1, 0.15) is 0 Å². The molecule has 2 aliphatic heterocycles. The number of nitrogens with zero attached hydrogens (tertiary/aromatic N) is 1. The van der Waals surface area contributed by atoms with Gasteiger partial charge < -0.3 is 0 Å². The van der Waals surface area contributed by atoms with E-state index >= 15 is 0 Å². The average molecular weight is 137 g/mol. The molecule has 0 aromatic carbocycles. The minimum atomic E-state index is 0.777. The second-order valence-corrected chi connectivity index (χ2v) is 3.68. The summed E-state index contributed by atoms with van der Waals surface area (Å²) in [6.45, 7) is 2.26. The van der Waals surface area contributed by atoms with Gasteiger partial charge in [-0.05, 0) is 33.2 Å². The molecule has 56 valence electrons. The summed E-state index contributed by atoms with van der Waals surface area (Å²) in [6, 6.07) is 1.65. The van der Waals surface area contributed by atoms with Gasteiger partial charge in [-0.1, -0.05) is 11.6 Å². The van der Waals surface area contributed by atoms with E-state index in [1.807, 2.05) is 0 Å². The van der Waals surface area contributed by atoms with Crippen molar-refractivity contribution in [1.82, 2.24) is 4.90 Å². The lowest BCUT2D eigenvalue weighted by molar-refractivity contribution is 0.255. The van der Waals surface area contributed by atoms with Crippen LogP contribution in [0.15, 0.2) is 11.6 Å². The Morgan fingerprint density at radius 2 is 2.30 bits per heavy atom. The number of hydrogen-bond donors (Lipinski definition) is 0. The molecule has 1 saturated heterocycles. The molecule has 1 fully saturated rings. The van der Waals surface area contributed by atoms with Crippen LogP contribution >= 0.6 is 0 Å². The molecule has 10 heavy (non-hydrogen) atoms. The van der Waals surface area contributed by atoms with Crippen molar-refractivity contribution in [1.29, 1.82) is 0 Å². The zero-order valence-electron chi connectivity index (χ0n) is 6.80. The first-order chi connectivity index (χ1) is 4.77. The number of hydrogen-bond acceptors (Lipinski definition) is 1. The molecule has 1 heteroatoms. The van der Waals surface area contributed by atoms with E-state index in [9.17, 15) is 0 Å². The molecule has 0 radical (unpaired) electrons. The van der Waals surface area contributed by atoms with Crippen LogP contribution in [0.25, 0.3) is 0 Å². The highest BCUT2D eigenvalue weighted by atomic mass is 15.2. The lowest BCUT2D eigenvalue weighted by Gasteiger charge is -2.29. The summed E-state index contributed by atoms with van der Waals surface area (Å²) >= 11 is 0. The van der Waals surface area contributed by atoms with Crippen LogP contribution in [0.3, 0.4) is 0 Å². The molecule has 2 bridgehead atoms. The van der Waals surface area contributed by atoms with E-state index in [0.29, 0.717) is 0 Å². The van der Waals surface area contributed by atoms with Gasteiger partial charge in [0.15, 0.2) is 0 Å². The number of rotatable bonds is 0. The number of likely N-dealkylation sites (N-methyl/N-ethyl adjacent to an activating group) is 1. The zero-order valence-corrected chi connectivity index (χ0v) is 6.80. The maximum absolute atomic E-state index is 2.52. The van der Waals surface area contributed by atoms with Crippen LogP contribution in [0.1, 0.15) is 26.2 Å². The normalized spacial score (nSPS) is 40.0. The van der Waals surface area contributed by atoms with Crippen molar-refractivity contribution in [3.05, 3.63) is 11.6 Å². The Balaban J connectivity index is 2.24. The van der Waals surface area contributed by atoms with Gasteiger partial charge in [-0.3, -0.25) is 4.90 Å². The van der Waals surface area contributed by atoms with E-state index < -0.39 is 0 Å². The summed E-state index contributed by atoms with van der Waals surface area (Å²) in [5.41, 5.74) is 1.60. The molecular formula is C9H15N. The van der Waals surface area contributed by atoms with Crippen LogP contribution in [0.5, 0.6) is 0 Å². The molecule has 1 nitrogen and oxygen atoms in total. The Morgan fingerprint density at radius 3 is 3.00 bits per heavy atom. The Morgan fingerprint density at radius 1 is 1.50 bits per heavy atom. The van der Waals surface area contributed by atoms with Crippen LogP contribution in [0.2, 0.25) is 0 Å². The van der Waals surface area contributed by atoms with Crippen molar-refractivity contribution in [2.24, 2.45) is 0 Å². The Hall–Kier alpha value is -0.300. The molecule has 0 N–H and O–H groups in total. The number of fused-ring (bicyclic) bond motifs is 2. The van der Waals surface area contributed by atoms with Crippen LogP contribution in [-0.2, 0) is 0 Å². The molecule has 2 atom stereocenters. The highest BCUT2D eigenvalue weighted by molar-refractivity contribution is 5.14. The van der Waals surface area contributed by atoms with Gasteiger partial charge in [0.2, 0.25) is 0 Å². The highest BCUT2D eigenvalue weighted by Crippen LogP contribution is 2.32. The van der Waals surface area contributed by atoms with E-state index in [1.165, 1.54) is 19.3 Å². The Labute approximate surface area is 62.7 Å². The third kappa shape index (κ3) is 0.807. The quantitative estimate of drug-likeness (QED) is 0.460. The minimum Gasteiger partial charge on any atom is -0.297 e. The molecule has 2 rings (SSSR count). The molecule has 0 spiro atoms. The standard InChI is InChI=1S/C9H15N/c1-7-5-8-3-4-9(6-7)10(8)2/h5,8-9H,3-4,6H2,1-2H3/t8-,9+/m1/s1. The van der Waals surface area contributed by atoms with Gasteiger partial charge in [-0.25, -0.2) is 0 Å². The zero-order chi connectivity index (χ0) is 7.14. The Bertz CT molecular complexity index is 172. The minimum absolute atomic E-state index is 0.777. The van der Waals surface area contributed by atoms with Gasteiger partial charge in [-0.2, -0.15) is 0 Å². The summed E-state index contributed by atoms with van der Waals surface area (Å²) in [4.78, 5) is 2.52. The maximum atomic E-state index is 2.52. The summed E-state index contributed by atoms with van der Waals surface area (Å²) in [7, 11) is 2.26. The highest BCUT2D eigenvalue weighted by Gasteiger charge is 2.32. The summed E-state index contributed by atoms with van der Waals surface area (Å²) < 4.78 is 0. The van der Waals surface area contributed by atoms with Crippen LogP contribution in [0.4, 0.5) is 0 Å². The van der Waals surface area contributed by atoms with E-state index in [-0.39, 0.29) is 0 Å². The van der Waals surface area contributed by atoms with Gasteiger partial charge in [0, 0.05) is 12.1 Å². The van der Waals surface area contributed by atoms with Crippen LogP contribution in [-0.4, -0.2) is 24.0 Å². The first-order valence-electron chi connectivity index (χ1n) is 4.16. The fourth-order valence-electron chi connectivity index (χ4n) is 2.26. The molecule has 2 heterocycles. The smallest absolute Gasteiger partial charge is 0.0281 e. The molecule has 0 amide bonds. The van der Waals surface area contributed by atoms with Crippen LogP contribution < -0.4 is 0 Å². The lowest BCUT2D eigenvalue weighted by atomic mass is 10.0. The third-order valence-corrected chi connectivity index (χ3v) is 2.93. The summed E-state index contributed by atoms with van der Waals surface area (Å²) in [5, 5.41) is 0. The molecule has 0 aromatic rings. The fraction of sp³-hybridized carbons (Fsp3) is 0.778. The monoisotopic (exact) mass is 137 g/mol. The lowest BCUT2D eigenvalue weighted by Crippen LogP contribution is -2.34. The fourth-order valence-corrected chi connectivity index (χ4v) is 2.26. The second kappa shape index (κ2) is 2.09. The molecule has 0 saturated carbocycles. The van der Waals surface area contributed by atoms with Gasteiger partial charge in [0.25, 0.3) is 0 Å². The third-order valence-electron chi connectivity index (χ3n) is 2.93. The summed E-state index contributed by atoms with van der Waals surface area (Å²) in [5.74, 6) is 0. The van der Waals surface area contributed by atoms with E-state index in [4.69, 9.17) is 0 Å².